The second kappa shape index (κ2) is 10.9. The second-order valence-electron chi connectivity index (χ2n) is 9.47. The topological polar surface area (TPSA) is 198 Å². The van der Waals surface area contributed by atoms with Crippen LogP contribution in [0.3, 0.4) is 0 Å². The Labute approximate surface area is 219 Å². The predicted octanol–water partition coefficient (Wildman–Crippen LogP) is 1.36. The number of benzene rings is 1. The fraction of sp³-hybridized carbons (Fsp3) is 0.478. The third-order valence-electron chi connectivity index (χ3n) is 5.94. The Morgan fingerprint density at radius 3 is 2.68 bits per heavy atom. The molecule has 2 unspecified atom stereocenters. The van der Waals surface area contributed by atoms with E-state index in [0.717, 1.165) is 0 Å². The fourth-order valence-corrected chi connectivity index (χ4v) is 5.53. The van der Waals surface area contributed by atoms with Crippen molar-refractivity contribution in [3.05, 3.63) is 48.4 Å². The summed E-state index contributed by atoms with van der Waals surface area (Å²) in [6.07, 6.45) is -0.723. The predicted molar refractivity (Wildman–Crippen MR) is 136 cm³/mol. The summed E-state index contributed by atoms with van der Waals surface area (Å²) in [5.41, 5.74) is 11.9. The second-order valence-corrected chi connectivity index (χ2v) is 11.2. The van der Waals surface area contributed by atoms with E-state index >= 15 is 0 Å². The first-order chi connectivity index (χ1) is 17.9. The van der Waals surface area contributed by atoms with E-state index in [1.807, 2.05) is 0 Å². The van der Waals surface area contributed by atoms with Crippen molar-refractivity contribution in [3.63, 3.8) is 0 Å². The van der Waals surface area contributed by atoms with Crippen LogP contribution in [-0.2, 0) is 23.4 Å². The number of nitrogen functional groups attached to an aromatic ring is 1. The Balaban J connectivity index is 1.54. The Hall–Kier alpha value is -3.13. The van der Waals surface area contributed by atoms with Crippen LogP contribution in [-0.4, -0.2) is 67.2 Å². The highest BCUT2D eigenvalue weighted by Gasteiger charge is 2.53. The molecule has 0 radical (unpaired) electrons. The van der Waals surface area contributed by atoms with Crippen molar-refractivity contribution in [2.45, 2.75) is 63.7 Å². The van der Waals surface area contributed by atoms with E-state index in [0.29, 0.717) is 11.2 Å². The summed E-state index contributed by atoms with van der Waals surface area (Å²) in [5.74, 6) is -0.277. The van der Waals surface area contributed by atoms with Gasteiger partial charge in [-0.2, -0.15) is 14.7 Å². The van der Waals surface area contributed by atoms with Crippen molar-refractivity contribution in [2.75, 3.05) is 12.3 Å². The molecule has 0 aliphatic carbocycles. The maximum Gasteiger partial charge on any atom is 0.459 e. The molecule has 2 aromatic heterocycles. The smallest absolute Gasteiger partial charge is 0.459 e. The first kappa shape index (κ1) is 27.9. The molecule has 1 saturated heterocycles. The Bertz CT molecular complexity index is 1320. The monoisotopic (exact) mass is 549 g/mol. The average molecular weight is 550 g/mol. The number of aliphatic hydroxyl groups excluding tert-OH is 1. The first-order valence-electron chi connectivity index (χ1n) is 12.0. The van der Waals surface area contributed by atoms with Gasteiger partial charge in [-0.25, -0.2) is 14.5 Å². The Morgan fingerprint density at radius 1 is 1.29 bits per heavy atom. The number of rotatable bonds is 10. The molecule has 1 fully saturated rings. The summed E-state index contributed by atoms with van der Waals surface area (Å²) in [6, 6.07) is 7.29. The number of fused-ring (bicyclic) bond motifs is 1. The molecule has 0 amide bonds. The van der Waals surface area contributed by atoms with Gasteiger partial charge in [0.05, 0.1) is 24.4 Å². The van der Waals surface area contributed by atoms with Crippen LogP contribution >= 0.6 is 7.75 Å². The van der Waals surface area contributed by atoms with Gasteiger partial charge in [0.15, 0.2) is 5.65 Å². The van der Waals surface area contributed by atoms with Gasteiger partial charge in [-0.15, -0.1) is 0 Å². The summed E-state index contributed by atoms with van der Waals surface area (Å²) < 4.78 is 37.7. The molecular formula is C23H32N7O7P. The van der Waals surface area contributed by atoms with Crippen molar-refractivity contribution in [2.24, 2.45) is 5.73 Å². The molecule has 206 valence electrons. The fourth-order valence-electron chi connectivity index (χ4n) is 4.03. The minimum absolute atomic E-state index is 0.119. The zero-order chi connectivity index (χ0) is 27.7. The zero-order valence-electron chi connectivity index (χ0n) is 21.4. The lowest BCUT2D eigenvalue weighted by molar-refractivity contribution is -0.149. The number of anilines is 1. The standard InChI is InChI=1S/C23H32N7O7P/c1-13(2)35-21(32)14(3)29-38(33,37-15-8-6-5-7-9-15)34-11-17-18(31)23(4,25)19(36-17)16-10-28-30-20(16)26-12-27-22(30)24/h5-10,12-14,17-19,31H,11,25H2,1-4H3,(H,29,33)(H2,24,26,27)/t14-,17+,18?,19?,23+,38+/m0/s1. The maximum absolute atomic E-state index is 13.8. The number of carbonyl (C=O) groups excluding carboxylic acids is 1. The molecule has 1 aliphatic rings. The van der Waals surface area contributed by atoms with Crippen LogP contribution in [0.15, 0.2) is 42.9 Å². The molecule has 0 saturated carbocycles. The molecule has 14 nitrogen and oxygen atoms in total. The molecule has 1 aromatic carbocycles. The number of nitrogens with one attached hydrogen (secondary N) is 1. The number of para-hydroxylation sites is 1. The number of ether oxygens (including phenoxy) is 2. The summed E-state index contributed by atoms with van der Waals surface area (Å²) in [4.78, 5) is 20.5. The van der Waals surface area contributed by atoms with Crippen molar-refractivity contribution in [1.82, 2.24) is 24.7 Å². The van der Waals surface area contributed by atoms with Crippen LogP contribution < -0.4 is 21.1 Å². The van der Waals surface area contributed by atoms with Gasteiger partial charge in [0.25, 0.3) is 0 Å². The molecular weight excluding hydrogens is 517 g/mol. The molecule has 3 heterocycles. The number of esters is 1. The molecule has 3 aromatic rings. The highest BCUT2D eigenvalue weighted by molar-refractivity contribution is 7.52. The van der Waals surface area contributed by atoms with Crippen molar-refractivity contribution < 1.29 is 33.0 Å². The number of aliphatic hydroxyl groups is 1. The third-order valence-corrected chi connectivity index (χ3v) is 7.58. The van der Waals surface area contributed by atoms with Crippen molar-refractivity contribution in [3.8, 4) is 5.75 Å². The summed E-state index contributed by atoms with van der Waals surface area (Å²) in [6.45, 7) is 6.10. The van der Waals surface area contributed by atoms with Crippen LogP contribution in [0.2, 0.25) is 0 Å². The SMILES string of the molecule is CC(C)OC(=O)[C@H](C)N[P@@](=O)(OC[C@H]1OC(c2cnn3c(N)ncnc23)[C@](C)(N)C1O)Oc1ccccc1. The number of hydrogen-bond acceptors (Lipinski definition) is 12. The highest BCUT2D eigenvalue weighted by Crippen LogP contribution is 2.47. The number of carbonyl (C=O) groups is 1. The molecule has 0 spiro atoms. The van der Waals surface area contributed by atoms with Crippen LogP contribution in [0.5, 0.6) is 5.75 Å². The van der Waals surface area contributed by atoms with Crippen LogP contribution in [0.4, 0.5) is 5.95 Å². The first-order valence-corrected chi connectivity index (χ1v) is 13.5. The number of nitrogens with zero attached hydrogens (tertiary/aromatic N) is 4. The van der Waals surface area contributed by atoms with Gasteiger partial charge < -0.3 is 30.6 Å². The lowest BCUT2D eigenvalue weighted by atomic mass is 9.87. The van der Waals surface area contributed by atoms with Gasteiger partial charge in [-0.05, 0) is 39.8 Å². The van der Waals surface area contributed by atoms with E-state index in [1.165, 1.54) is 24.0 Å². The Kier molecular flexibility index (Phi) is 8.02. The molecule has 4 rings (SSSR count). The lowest BCUT2D eigenvalue weighted by Gasteiger charge is -2.27. The quantitative estimate of drug-likeness (QED) is 0.209. The van der Waals surface area contributed by atoms with Crippen LogP contribution in [0.1, 0.15) is 39.4 Å². The molecule has 6 atom stereocenters. The van der Waals surface area contributed by atoms with Gasteiger partial charge in [-0.1, -0.05) is 18.2 Å². The van der Waals surface area contributed by atoms with Gasteiger partial charge in [0.2, 0.25) is 5.95 Å². The van der Waals surface area contributed by atoms with Crippen LogP contribution in [0.25, 0.3) is 5.65 Å². The van der Waals surface area contributed by atoms with Crippen molar-refractivity contribution >= 4 is 25.3 Å². The molecule has 38 heavy (non-hydrogen) atoms. The minimum Gasteiger partial charge on any atom is -0.462 e. The number of aromatic nitrogens is 4. The van der Waals surface area contributed by atoms with E-state index in [-0.39, 0.29) is 24.4 Å². The van der Waals surface area contributed by atoms with Gasteiger partial charge in [0, 0.05) is 5.56 Å². The van der Waals surface area contributed by atoms with E-state index < -0.39 is 43.6 Å². The maximum atomic E-state index is 13.8. The normalized spacial score (nSPS) is 25.8. The highest BCUT2D eigenvalue weighted by atomic mass is 31.2. The third kappa shape index (κ3) is 5.80. The summed E-state index contributed by atoms with van der Waals surface area (Å²) in [5, 5.41) is 17.8. The zero-order valence-corrected chi connectivity index (χ0v) is 22.3. The molecule has 6 N–H and O–H groups in total. The van der Waals surface area contributed by atoms with Gasteiger partial charge >= 0.3 is 13.7 Å². The molecule has 15 heteroatoms. The van der Waals surface area contributed by atoms with Crippen LogP contribution in [0, 0.1) is 0 Å². The number of hydrogen-bond donors (Lipinski definition) is 4. The molecule has 1 aliphatic heterocycles. The number of nitrogens with two attached hydrogens (primary N) is 2. The van der Waals surface area contributed by atoms with Gasteiger partial charge in [0.1, 0.15) is 36.4 Å². The van der Waals surface area contributed by atoms with Gasteiger partial charge in [-0.3, -0.25) is 9.32 Å². The van der Waals surface area contributed by atoms with E-state index in [1.54, 1.807) is 51.1 Å². The Morgan fingerprint density at radius 2 is 2.00 bits per heavy atom. The van der Waals surface area contributed by atoms with E-state index in [9.17, 15) is 14.5 Å². The minimum atomic E-state index is -4.18. The molecule has 0 bridgehead atoms. The lowest BCUT2D eigenvalue weighted by Crippen LogP contribution is -2.51. The largest absolute Gasteiger partial charge is 0.462 e. The van der Waals surface area contributed by atoms with E-state index in [4.69, 9.17) is 30.0 Å². The average Bonchev–Trinajstić information content (AvgIpc) is 3.37. The summed E-state index contributed by atoms with van der Waals surface area (Å²) >= 11 is 0. The van der Waals surface area contributed by atoms with E-state index in [2.05, 4.69) is 20.2 Å². The summed E-state index contributed by atoms with van der Waals surface area (Å²) in [7, 11) is -4.18. The van der Waals surface area contributed by atoms with Crippen molar-refractivity contribution in [1.29, 1.82) is 0 Å².